The molecule has 0 N–H and O–H groups in total. The molecule has 1 aromatic rings. The molecule has 0 unspecified atom stereocenters. The summed E-state index contributed by atoms with van der Waals surface area (Å²) >= 11 is 8.51. The summed E-state index contributed by atoms with van der Waals surface area (Å²) in [6.07, 6.45) is 0. The van der Waals surface area contributed by atoms with Crippen LogP contribution in [0.3, 0.4) is 0 Å². The van der Waals surface area contributed by atoms with E-state index in [0.29, 0.717) is 10.1 Å². The van der Waals surface area contributed by atoms with Crippen molar-refractivity contribution >= 4 is 46.0 Å². The molecule has 1 aliphatic heterocycles. The lowest BCUT2D eigenvalue weighted by molar-refractivity contribution is -0.309. The van der Waals surface area contributed by atoms with Gasteiger partial charge in [-0.2, -0.15) is 0 Å². The van der Waals surface area contributed by atoms with Crippen LogP contribution in [0.4, 0.5) is 0 Å². The van der Waals surface area contributed by atoms with E-state index in [-0.39, 0.29) is 5.37 Å². The molecular weight excluding hydrogens is 310 g/mol. The molecule has 6 heteroatoms. The first-order valence-electron chi connectivity index (χ1n) is 6.38. The highest BCUT2D eigenvalue weighted by molar-refractivity contribution is 8.23. The van der Waals surface area contributed by atoms with Crippen LogP contribution < -0.4 is 5.11 Å². The van der Waals surface area contributed by atoms with E-state index in [1.165, 1.54) is 17.3 Å². The van der Waals surface area contributed by atoms with E-state index in [1.807, 2.05) is 43.0 Å². The monoisotopic (exact) mass is 326 g/mol. The van der Waals surface area contributed by atoms with Gasteiger partial charge < -0.3 is 14.8 Å². The highest BCUT2D eigenvalue weighted by atomic mass is 32.2. The molecule has 0 aliphatic carbocycles. The lowest BCUT2D eigenvalue weighted by Crippen LogP contribution is -2.47. The van der Waals surface area contributed by atoms with Crippen LogP contribution in [0, 0.1) is 6.92 Å². The number of carboxylic acid groups (broad SMARTS) is 1. The molecule has 1 saturated heterocycles. The number of thioether (sulfide) groups is 2. The number of carboxylic acids is 1. The van der Waals surface area contributed by atoms with Gasteiger partial charge in [-0.3, -0.25) is 0 Å². The number of thiocarbonyl (C=S) groups is 1. The molecule has 1 fully saturated rings. The van der Waals surface area contributed by atoms with Crippen molar-refractivity contribution in [2.45, 2.75) is 25.3 Å². The summed E-state index contributed by atoms with van der Waals surface area (Å²) in [5.74, 6) is 0.289. The minimum Gasteiger partial charge on any atom is -0.548 e. The zero-order chi connectivity index (χ0) is 14.7. The van der Waals surface area contributed by atoms with Crippen molar-refractivity contribution in [3.05, 3.63) is 35.4 Å². The van der Waals surface area contributed by atoms with E-state index >= 15 is 0 Å². The molecule has 2 atom stereocenters. The average molecular weight is 326 g/mol. The van der Waals surface area contributed by atoms with Crippen LogP contribution in [0.1, 0.15) is 23.4 Å². The molecule has 1 aromatic carbocycles. The standard InChI is InChI=1S/C14H17NO2S3/c1-3-19-14(18)15-11(13(16)17)8-20-12(15)10-6-4-9(2)5-7-10/h4-7,11-12H,3,8H2,1-2H3,(H,16,17)/p-1/t11-,12+/m0/s1. The van der Waals surface area contributed by atoms with Gasteiger partial charge in [0.2, 0.25) is 0 Å². The average Bonchev–Trinajstić information content (AvgIpc) is 2.84. The molecule has 108 valence electrons. The zero-order valence-electron chi connectivity index (χ0n) is 11.4. The molecule has 0 saturated carbocycles. The summed E-state index contributed by atoms with van der Waals surface area (Å²) < 4.78 is 0.636. The van der Waals surface area contributed by atoms with Gasteiger partial charge in [0.25, 0.3) is 0 Å². The Labute approximate surface area is 133 Å². The van der Waals surface area contributed by atoms with E-state index in [0.717, 1.165) is 11.3 Å². The highest BCUT2D eigenvalue weighted by Gasteiger charge is 2.37. The quantitative estimate of drug-likeness (QED) is 0.794. The summed E-state index contributed by atoms with van der Waals surface area (Å²) in [5.41, 5.74) is 2.27. The summed E-state index contributed by atoms with van der Waals surface area (Å²) in [6, 6.07) is 7.51. The van der Waals surface area contributed by atoms with Crippen molar-refractivity contribution in [1.29, 1.82) is 0 Å². The fourth-order valence-corrected chi connectivity index (χ4v) is 4.87. The Morgan fingerprint density at radius 2 is 2.15 bits per heavy atom. The normalized spacial score (nSPS) is 22.0. The van der Waals surface area contributed by atoms with Crippen LogP contribution in [0.5, 0.6) is 0 Å². The van der Waals surface area contributed by atoms with Gasteiger partial charge in [-0.1, -0.05) is 60.7 Å². The van der Waals surface area contributed by atoms with Crippen LogP contribution in [0.25, 0.3) is 0 Å². The van der Waals surface area contributed by atoms with Gasteiger partial charge in [0, 0.05) is 5.75 Å². The first-order valence-corrected chi connectivity index (χ1v) is 8.83. The molecule has 2 rings (SSSR count). The lowest BCUT2D eigenvalue weighted by Gasteiger charge is -2.31. The molecule has 0 amide bonds. The number of benzene rings is 1. The first kappa shape index (κ1) is 15.7. The number of carbonyl (C=O) groups is 1. The zero-order valence-corrected chi connectivity index (χ0v) is 13.8. The fourth-order valence-electron chi connectivity index (χ4n) is 2.10. The Kier molecular flexibility index (Phi) is 5.35. The van der Waals surface area contributed by atoms with Crippen molar-refractivity contribution in [1.82, 2.24) is 4.90 Å². The van der Waals surface area contributed by atoms with Gasteiger partial charge >= 0.3 is 0 Å². The third-order valence-electron chi connectivity index (χ3n) is 3.11. The molecule has 0 spiro atoms. The van der Waals surface area contributed by atoms with Gasteiger partial charge in [0.15, 0.2) is 0 Å². The summed E-state index contributed by atoms with van der Waals surface area (Å²) in [7, 11) is 0. The fraction of sp³-hybridized carbons (Fsp3) is 0.429. The topological polar surface area (TPSA) is 43.4 Å². The van der Waals surface area contributed by atoms with Crippen molar-refractivity contribution < 1.29 is 9.90 Å². The minimum absolute atomic E-state index is 0.0370. The smallest absolute Gasteiger partial charge is 0.138 e. The second kappa shape index (κ2) is 6.83. The van der Waals surface area contributed by atoms with E-state index in [1.54, 1.807) is 11.8 Å². The predicted molar refractivity (Wildman–Crippen MR) is 87.7 cm³/mol. The Morgan fingerprint density at radius 1 is 1.50 bits per heavy atom. The number of rotatable bonds is 3. The van der Waals surface area contributed by atoms with Crippen LogP contribution in [0.2, 0.25) is 0 Å². The van der Waals surface area contributed by atoms with Gasteiger partial charge in [-0.15, -0.1) is 11.8 Å². The molecule has 0 aromatic heterocycles. The van der Waals surface area contributed by atoms with Gasteiger partial charge in [0.05, 0.1) is 12.0 Å². The largest absolute Gasteiger partial charge is 0.548 e. The Bertz CT molecular complexity index is 504. The predicted octanol–water partition coefficient (Wildman–Crippen LogP) is 2.20. The van der Waals surface area contributed by atoms with Crippen LogP contribution in [-0.2, 0) is 4.79 Å². The van der Waals surface area contributed by atoms with E-state index < -0.39 is 12.0 Å². The maximum absolute atomic E-state index is 11.3. The van der Waals surface area contributed by atoms with E-state index in [9.17, 15) is 9.90 Å². The van der Waals surface area contributed by atoms with Crippen molar-refractivity contribution in [2.24, 2.45) is 0 Å². The Morgan fingerprint density at radius 3 is 2.70 bits per heavy atom. The highest BCUT2D eigenvalue weighted by Crippen LogP contribution is 2.42. The number of aliphatic carboxylic acids is 1. The van der Waals surface area contributed by atoms with Crippen LogP contribution in [0.15, 0.2) is 24.3 Å². The molecule has 3 nitrogen and oxygen atoms in total. The third kappa shape index (κ3) is 3.30. The summed E-state index contributed by atoms with van der Waals surface area (Å²) in [4.78, 5) is 13.1. The molecule has 0 radical (unpaired) electrons. The van der Waals surface area contributed by atoms with Crippen molar-refractivity contribution in [3.63, 3.8) is 0 Å². The molecule has 0 bridgehead atoms. The number of nitrogens with zero attached hydrogens (tertiary/aromatic N) is 1. The van der Waals surface area contributed by atoms with E-state index in [2.05, 4.69) is 0 Å². The molecule has 1 heterocycles. The van der Waals surface area contributed by atoms with Gasteiger partial charge in [0.1, 0.15) is 9.69 Å². The van der Waals surface area contributed by atoms with Gasteiger partial charge in [-0.25, -0.2) is 0 Å². The number of hydrogen-bond donors (Lipinski definition) is 0. The van der Waals surface area contributed by atoms with Crippen molar-refractivity contribution in [3.8, 4) is 0 Å². The maximum atomic E-state index is 11.3. The Balaban J connectivity index is 2.29. The molecule has 20 heavy (non-hydrogen) atoms. The number of hydrogen-bond acceptors (Lipinski definition) is 5. The lowest BCUT2D eigenvalue weighted by atomic mass is 10.1. The molecular formula is C14H16NO2S3-. The minimum atomic E-state index is -1.05. The second-order valence-corrected chi connectivity index (χ2v) is 7.55. The van der Waals surface area contributed by atoms with Crippen LogP contribution in [-0.4, -0.2) is 32.7 Å². The number of carbonyl (C=O) groups excluding carboxylic acids is 1. The third-order valence-corrected chi connectivity index (χ3v) is 5.75. The van der Waals surface area contributed by atoms with Crippen LogP contribution >= 0.6 is 35.7 Å². The van der Waals surface area contributed by atoms with Crippen molar-refractivity contribution in [2.75, 3.05) is 11.5 Å². The van der Waals surface area contributed by atoms with E-state index in [4.69, 9.17) is 12.2 Å². The van der Waals surface area contributed by atoms with Gasteiger partial charge in [-0.05, 0) is 18.2 Å². The SMILES string of the molecule is CCSC(=S)N1[C@@H](c2ccc(C)cc2)SC[C@H]1C(=O)[O-]. The molecule has 1 aliphatic rings. The first-order chi connectivity index (χ1) is 9.54. The summed E-state index contributed by atoms with van der Waals surface area (Å²) in [6.45, 7) is 4.04. The summed E-state index contributed by atoms with van der Waals surface area (Å²) in [5, 5.41) is 11.3. The number of aryl methyl sites for hydroxylation is 1. The maximum Gasteiger partial charge on any atom is 0.138 e. The second-order valence-electron chi connectivity index (χ2n) is 4.54. The Hall–Kier alpha value is -0.720.